The van der Waals surface area contributed by atoms with Crippen LogP contribution in [0.4, 0.5) is 4.79 Å². The minimum atomic E-state index is -4.05. The molecular formula is C31H47NO7S. The molecule has 10 atom stereocenters. The van der Waals surface area contributed by atoms with Crippen LogP contribution in [-0.4, -0.2) is 50.1 Å². The van der Waals surface area contributed by atoms with Gasteiger partial charge in [0.05, 0.1) is 30.3 Å². The van der Waals surface area contributed by atoms with Crippen LogP contribution in [-0.2, 0) is 14.8 Å². The molecule has 4 saturated carbocycles. The molecule has 8 nitrogen and oxygen atoms in total. The number of nitrogens with one attached hydrogen (secondary N) is 1. The molecule has 4 aliphatic carbocycles. The lowest BCUT2D eigenvalue weighted by Crippen LogP contribution is -2.58. The SMILES string of the molecule is CCOc1ccc(S(=O)(=O)NC(=O)OC[C@@H](C)[C@H]2CC[C@H]3[C@@H]4[C@H](O)C[C@@H]5C[C@H](O)CC[C@]5(C)[C@H]4CC[C@]23C)cc1. The van der Waals surface area contributed by atoms with Gasteiger partial charge in [-0.3, -0.25) is 0 Å². The van der Waals surface area contributed by atoms with Crippen LogP contribution in [0.15, 0.2) is 29.2 Å². The van der Waals surface area contributed by atoms with Crippen molar-refractivity contribution in [2.45, 2.75) is 96.2 Å². The first-order valence-electron chi connectivity index (χ1n) is 15.2. The predicted octanol–water partition coefficient (Wildman–Crippen LogP) is 5.13. The topological polar surface area (TPSA) is 122 Å². The number of benzene rings is 1. The Balaban J connectivity index is 1.20. The first-order valence-corrected chi connectivity index (χ1v) is 16.7. The second-order valence-electron chi connectivity index (χ2n) is 13.5. The van der Waals surface area contributed by atoms with Gasteiger partial charge in [-0.2, -0.15) is 0 Å². The first-order chi connectivity index (χ1) is 18.9. The molecule has 0 radical (unpaired) electrons. The molecule has 3 N–H and O–H groups in total. The van der Waals surface area contributed by atoms with E-state index in [2.05, 4.69) is 20.8 Å². The van der Waals surface area contributed by atoms with E-state index in [0.29, 0.717) is 36.0 Å². The van der Waals surface area contributed by atoms with Crippen molar-refractivity contribution >= 4 is 16.1 Å². The van der Waals surface area contributed by atoms with Crippen LogP contribution < -0.4 is 9.46 Å². The Hall–Kier alpha value is -1.84. The zero-order valence-corrected chi connectivity index (χ0v) is 25.2. The Bertz CT molecular complexity index is 1170. The van der Waals surface area contributed by atoms with Crippen molar-refractivity contribution in [2.24, 2.45) is 46.3 Å². The lowest BCUT2D eigenvalue weighted by Gasteiger charge is -2.62. The number of hydrogen-bond donors (Lipinski definition) is 3. The molecule has 0 heterocycles. The largest absolute Gasteiger partial charge is 0.494 e. The lowest BCUT2D eigenvalue weighted by atomic mass is 9.43. The second kappa shape index (κ2) is 11.1. The molecule has 0 aliphatic heterocycles. The van der Waals surface area contributed by atoms with Crippen LogP contribution in [0.5, 0.6) is 5.75 Å². The maximum absolute atomic E-state index is 12.7. The normalized spacial score (nSPS) is 39.8. The highest BCUT2D eigenvalue weighted by atomic mass is 32.2. The van der Waals surface area contributed by atoms with Crippen LogP contribution in [0.3, 0.4) is 0 Å². The predicted molar refractivity (Wildman–Crippen MR) is 151 cm³/mol. The van der Waals surface area contributed by atoms with Gasteiger partial charge in [0, 0.05) is 0 Å². The fourth-order valence-corrected chi connectivity index (χ4v) is 10.5. The summed E-state index contributed by atoms with van der Waals surface area (Å²) in [6.45, 7) is 9.34. The molecule has 1 amide bonds. The molecule has 0 saturated heterocycles. The lowest BCUT2D eigenvalue weighted by molar-refractivity contribution is -0.174. The van der Waals surface area contributed by atoms with E-state index in [1.807, 2.05) is 11.6 Å². The van der Waals surface area contributed by atoms with Crippen molar-refractivity contribution in [1.29, 1.82) is 0 Å². The van der Waals surface area contributed by atoms with Crippen LogP contribution in [0.1, 0.15) is 79.1 Å². The van der Waals surface area contributed by atoms with Crippen LogP contribution in [0.25, 0.3) is 0 Å². The van der Waals surface area contributed by atoms with E-state index >= 15 is 0 Å². The Kier molecular flexibility index (Phi) is 8.23. The fourth-order valence-electron chi connectivity index (χ4n) is 9.58. The van der Waals surface area contributed by atoms with Crippen molar-refractivity contribution in [3.05, 3.63) is 24.3 Å². The van der Waals surface area contributed by atoms with Crippen molar-refractivity contribution in [1.82, 2.24) is 4.72 Å². The standard InChI is InChI=1S/C31H47NO7S/c1-5-38-22-6-8-23(9-7-22)40(36,37)32-29(35)39-18-19(2)24-10-11-25-28-26(13-15-31(24,25)4)30(3)14-12-21(33)16-20(30)17-27(28)34/h6-9,19-21,24-28,33-34H,5,10-18H2,1-4H3,(H,32,35)/t19-,20+,21-,24-,25+,26+,27-,28+,30+,31-/m1/s1. The molecular weight excluding hydrogens is 530 g/mol. The van der Waals surface area contributed by atoms with E-state index in [1.54, 1.807) is 12.1 Å². The van der Waals surface area contributed by atoms with E-state index in [9.17, 15) is 23.4 Å². The molecule has 1 aromatic carbocycles. The van der Waals surface area contributed by atoms with E-state index in [1.165, 1.54) is 12.1 Å². The van der Waals surface area contributed by atoms with Crippen LogP contribution >= 0.6 is 0 Å². The third-order valence-electron chi connectivity index (χ3n) is 11.6. The number of hydrogen-bond acceptors (Lipinski definition) is 7. The smallest absolute Gasteiger partial charge is 0.421 e. The second-order valence-corrected chi connectivity index (χ2v) is 15.2. The summed E-state index contributed by atoms with van der Waals surface area (Å²) >= 11 is 0. The maximum Gasteiger partial charge on any atom is 0.421 e. The minimum Gasteiger partial charge on any atom is -0.494 e. The van der Waals surface area contributed by atoms with Gasteiger partial charge in [-0.05, 0) is 129 Å². The maximum atomic E-state index is 12.7. The van der Waals surface area contributed by atoms with Gasteiger partial charge >= 0.3 is 6.09 Å². The fraction of sp³-hybridized carbons (Fsp3) is 0.774. The number of fused-ring (bicyclic) bond motifs is 5. The number of aliphatic hydroxyl groups excluding tert-OH is 2. The number of carbonyl (C=O) groups is 1. The molecule has 0 spiro atoms. The highest BCUT2D eigenvalue weighted by Gasteiger charge is 2.62. The van der Waals surface area contributed by atoms with Gasteiger partial charge in [0.1, 0.15) is 5.75 Å². The summed E-state index contributed by atoms with van der Waals surface area (Å²) in [4.78, 5) is 12.5. The summed E-state index contributed by atoms with van der Waals surface area (Å²) in [5.41, 5.74) is 0.233. The van der Waals surface area contributed by atoms with Crippen molar-refractivity contribution in [3.63, 3.8) is 0 Å². The number of carbonyl (C=O) groups excluding carboxylic acids is 1. The van der Waals surface area contributed by atoms with Gasteiger partial charge < -0.3 is 19.7 Å². The van der Waals surface area contributed by atoms with E-state index in [0.717, 1.165) is 51.4 Å². The number of sulfonamides is 1. The average Bonchev–Trinajstić information content (AvgIpc) is 3.26. The highest BCUT2D eigenvalue weighted by Crippen LogP contribution is 2.68. The summed E-state index contributed by atoms with van der Waals surface area (Å²) in [7, 11) is -4.05. The monoisotopic (exact) mass is 577 g/mol. The van der Waals surface area contributed by atoms with Gasteiger partial charge in [0.2, 0.25) is 0 Å². The zero-order valence-electron chi connectivity index (χ0n) is 24.3. The molecule has 4 fully saturated rings. The Labute approximate surface area is 239 Å². The summed E-state index contributed by atoms with van der Waals surface area (Å²) in [6, 6.07) is 5.91. The molecule has 0 unspecified atom stereocenters. The molecule has 224 valence electrons. The quantitative estimate of drug-likeness (QED) is 0.411. The molecule has 0 bridgehead atoms. The van der Waals surface area contributed by atoms with E-state index in [4.69, 9.17) is 9.47 Å². The van der Waals surface area contributed by atoms with Gasteiger partial charge in [0.25, 0.3) is 10.0 Å². The zero-order chi connectivity index (χ0) is 28.9. The third-order valence-corrected chi connectivity index (χ3v) is 12.9. The number of aliphatic hydroxyl groups is 2. The Morgan fingerprint density at radius 1 is 1.02 bits per heavy atom. The molecule has 9 heteroatoms. The third kappa shape index (κ3) is 5.26. The Morgan fingerprint density at radius 3 is 2.40 bits per heavy atom. The van der Waals surface area contributed by atoms with Crippen LogP contribution in [0.2, 0.25) is 0 Å². The summed E-state index contributed by atoms with van der Waals surface area (Å²) < 4.78 is 38.2. The van der Waals surface area contributed by atoms with Gasteiger partial charge in [0.15, 0.2) is 0 Å². The Morgan fingerprint density at radius 2 is 1.70 bits per heavy atom. The summed E-state index contributed by atoms with van der Waals surface area (Å²) in [6.07, 6.45) is 6.22. The summed E-state index contributed by atoms with van der Waals surface area (Å²) in [5.74, 6) is 2.53. The number of amides is 1. The van der Waals surface area contributed by atoms with Gasteiger partial charge in [-0.25, -0.2) is 17.9 Å². The highest BCUT2D eigenvalue weighted by molar-refractivity contribution is 7.90. The van der Waals surface area contributed by atoms with Crippen molar-refractivity contribution < 1.29 is 32.9 Å². The van der Waals surface area contributed by atoms with E-state index in [-0.39, 0.29) is 46.4 Å². The molecule has 0 aromatic heterocycles. The first kappa shape index (κ1) is 29.6. The molecule has 5 rings (SSSR count). The van der Waals surface area contributed by atoms with Crippen LogP contribution in [0, 0.1) is 46.3 Å². The molecule has 1 aromatic rings. The molecule has 40 heavy (non-hydrogen) atoms. The number of rotatable bonds is 7. The van der Waals surface area contributed by atoms with Gasteiger partial charge in [-0.15, -0.1) is 0 Å². The van der Waals surface area contributed by atoms with Crippen molar-refractivity contribution in [3.8, 4) is 5.75 Å². The average molecular weight is 578 g/mol. The minimum absolute atomic E-state index is 0.0293. The number of ether oxygens (including phenoxy) is 2. The van der Waals surface area contributed by atoms with Gasteiger partial charge in [-0.1, -0.05) is 20.8 Å². The molecule has 4 aliphatic rings. The van der Waals surface area contributed by atoms with Crippen molar-refractivity contribution in [2.75, 3.05) is 13.2 Å². The summed E-state index contributed by atoms with van der Waals surface area (Å²) in [5, 5.41) is 21.7. The van der Waals surface area contributed by atoms with E-state index < -0.39 is 16.1 Å².